The molecule has 0 aromatic rings. The maximum atomic E-state index is 10.3. The van der Waals surface area contributed by atoms with Gasteiger partial charge in [0, 0.05) is 0 Å². The van der Waals surface area contributed by atoms with E-state index in [1.807, 2.05) is 3.83 Å². The van der Waals surface area contributed by atoms with Gasteiger partial charge in [-0.25, -0.2) is 0 Å². The molecule has 0 saturated carbocycles. The van der Waals surface area contributed by atoms with Crippen LogP contribution in [-0.2, 0) is 4.79 Å². The van der Waals surface area contributed by atoms with Crippen LogP contribution in [-0.4, -0.2) is 32.5 Å². The van der Waals surface area contributed by atoms with E-state index in [0.29, 0.717) is 5.57 Å². The molecule has 0 fully saturated rings. The third-order valence-electron chi connectivity index (χ3n) is 1.27. The Labute approximate surface area is 61.4 Å². The van der Waals surface area contributed by atoms with Gasteiger partial charge < -0.3 is 0 Å². The Bertz CT molecular complexity index is 193. The van der Waals surface area contributed by atoms with Gasteiger partial charge in [-0.2, -0.15) is 0 Å². The van der Waals surface area contributed by atoms with Crippen LogP contribution in [0.2, 0.25) is 4.68 Å². The van der Waals surface area contributed by atoms with Gasteiger partial charge in [0.25, 0.3) is 0 Å². The van der Waals surface area contributed by atoms with Crippen molar-refractivity contribution in [2.45, 2.75) is 4.68 Å². The van der Waals surface area contributed by atoms with Crippen LogP contribution in [0.25, 0.3) is 0 Å². The summed E-state index contributed by atoms with van der Waals surface area (Å²) in [6.45, 7) is 0. The Kier molecular flexibility index (Phi) is 2.01. The molecule has 0 aliphatic carbocycles. The molecule has 9 heavy (non-hydrogen) atoms. The van der Waals surface area contributed by atoms with E-state index in [-0.39, 0.29) is 0 Å². The summed E-state index contributed by atoms with van der Waals surface area (Å²) in [5.74, 6) is -0.785. The molecule has 1 aliphatic rings. The summed E-state index contributed by atoms with van der Waals surface area (Å²) in [6.07, 6.45) is 1.73. The van der Waals surface area contributed by atoms with E-state index < -0.39 is 27.4 Å². The van der Waals surface area contributed by atoms with Crippen molar-refractivity contribution in [1.82, 2.24) is 0 Å². The quantitative estimate of drug-likeness (QED) is 0.716. The van der Waals surface area contributed by atoms with Gasteiger partial charge in [0.15, 0.2) is 0 Å². The molecule has 3 heteroatoms. The fraction of sp³-hybridized carbons (Fsp3) is 0.167. The van der Waals surface area contributed by atoms with Crippen molar-refractivity contribution in [2.75, 3.05) is 0 Å². The Morgan fingerprint density at radius 1 is 1.78 bits per heavy atom. The second kappa shape index (κ2) is 2.60. The summed E-state index contributed by atoms with van der Waals surface area (Å²) >= 11 is -1.49. The van der Waals surface area contributed by atoms with Gasteiger partial charge in [0.1, 0.15) is 0 Å². The minimum atomic E-state index is -1.49. The van der Waals surface area contributed by atoms with Crippen molar-refractivity contribution in [1.29, 1.82) is 0 Å². The van der Waals surface area contributed by atoms with Gasteiger partial charge >= 0.3 is 61.3 Å². The first-order valence-corrected chi connectivity index (χ1v) is 9.93. The number of rotatable bonds is 1. The monoisotopic (exact) mass is 226 g/mol. The summed E-state index contributed by atoms with van der Waals surface area (Å²) in [6, 6.07) is 0. The fourth-order valence-corrected chi connectivity index (χ4v) is 4.91. The molecule has 1 N–H and O–H groups in total. The molecule has 0 spiro atoms. The predicted octanol–water partition coefficient (Wildman–Crippen LogP) is 0.770. The topological polar surface area (TPSA) is 37.3 Å². The predicted molar refractivity (Wildman–Crippen MR) is 36.5 cm³/mol. The number of carboxylic acid groups (broad SMARTS) is 1. The zero-order chi connectivity index (χ0) is 6.85. The first-order valence-electron chi connectivity index (χ1n) is 2.83. The Morgan fingerprint density at radius 2 is 2.44 bits per heavy atom. The molecule has 0 atom stereocenters. The van der Waals surface area contributed by atoms with Crippen LogP contribution >= 0.6 is 0 Å². The summed E-state index contributed by atoms with van der Waals surface area (Å²) in [5, 5.41) is 8.45. The second-order valence-corrected chi connectivity index (χ2v) is 9.10. The molecule has 1 heterocycles. The third-order valence-corrected chi connectivity index (χ3v) is 6.08. The summed E-state index contributed by atoms with van der Waals surface area (Å²) in [4.78, 5) is 10.3. The average Bonchev–Trinajstić information content (AvgIpc) is 2.14. The standard InChI is InChI=1S/C5H4O2.CH3.In/c1-3-4(2)5(6)7;;/h1-3H,(H,6,7);1H3;. The molecule has 0 unspecified atom stereocenters. The first kappa shape index (κ1) is 6.93. The molecule has 0 amide bonds. The third kappa shape index (κ3) is 1.61. The molecule has 2 nitrogen and oxygen atoms in total. The van der Waals surface area contributed by atoms with Crippen molar-refractivity contribution in [2.24, 2.45) is 0 Å². The molecule has 0 bridgehead atoms. The molecular formula is C6H7InO2. The van der Waals surface area contributed by atoms with Crippen molar-refractivity contribution >= 4 is 27.4 Å². The summed E-state index contributed by atoms with van der Waals surface area (Å²) < 4.78 is 6.17. The number of hydrogen-bond acceptors (Lipinski definition) is 1. The average molecular weight is 226 g/mol. The number of carbonyl (C=O) groups is 1. The molecule has 0 aromatic heterocycles. The molecule has 0 aromatic carbocycles. The van der Waals surface area contributed by atoms with Gasteiger partial charge in [-0.3, -0.25) is 0 Å². The minimum absolute atomic E-state index is 0.498. The van der Waals surface area contributed by atoms with Crippen molar-refractivity contribution < 1.29 is 9.90 Å². The zero-order valence-electron chi connectivity index (χ0n) is 5.16. The van der Waals surface area contributed by atoms with Crippen LogP contribution in [0.4, 0.5) is 0 Å². The van der Waals surface area contributed by atoms with Crippen LogP contribution in [0, 0.1) is 0 Å². The molecule has 1 aliphatic heterocycles. The van der Waals surface area contributed by atoms with Gasteiger partial charge in [0.2, 0.25) is 0 Å². The molecule has 0 saturated heterocycles. The first-order chi connectivity index (χ1) is 4.20. The zero-order valence-corrected chi connectivity index (χ0v) is 8.46. The van der Waals surface area contributed by atoms with Crippen LogP contribution < -0.4 is 0 Å². The summed E-state index contributed by atoms with van der Waals surface area (Å²) in [7, 11) is 0. The Hall–Kier alpha value is -0.180. The van der Waals surface area contributed by atoms with Crippen LogP contribution in [0.5, 0.6) is 0 Å². The van der Waals surface area contributed by atoms with Gasteiger partial charge in [0.05, 0.1) is 0 Å². The fourth-order valence-electron chi connectivity index (χ4n) is 0.792. The normalized spacial score (nSPS) is 16.1. The molecule has 1 rings (SSSR count). The number of hydrogen-bond donors (Lipinski definition) is 1. The Balaban J connectivity index is 2.75. The van der Waals surface area contributed by atoms with Crippen molar-refractivity contribution in [3.8, 4) is 0 Å². The van der Waals surface area contributed by atoms with Gasteiger partial charge in [-0.1, -0.05) is 0 Å². The van der Waals surface area contributed by atoms with Gasteiger partial charge in [-0.15, -0.1) is 0 Å². The summed E-state index contributed by atoms with van der Waals surface area (Å²) in [5.41, 5.74) is 0.498. The van der Waals surface area contributed by atoms with E-state index in [1.165, 1.54) is 0 Å². The number of aliphatic carboxylic acids is 1. The van der Waals surface area contributed by atoms with E-state index in [2.05, 4.69) is 8.51 Å². The number of carboxylic acids is 1. The molecular weight excluding hydrogens is 219 g/mol. The van der Waals surface area contributed by atoms with Gasteiger partial charge in [-0.05, 0) is 0 Å². The Morgan fingerprint density at radius 3 is 2.67 bits per heavy atom. The molecule has 46 valence electrons. The van der Waals surface area contributed by atoms with E-state index in [9.17, 15) is 4.79 Å². The van der Waals surface area contributed by atoms with Crippen LogP contribution in [0.1, 0.15) is 0 Å². The van der Waals surface area contributed by atoms with E-state index in [1.54, 1.807) is 6.08 Å². The SMILES string of the molecule is [CH3][In]1[CH]=CC(C(=O)O)=[CH]1. The second-order valence-electron chi connectivity index (χ2n) is 2.15. The van der Waals surface area contributed by atoms with Crippen LogP contribution in [0.3, 0.4) is 0 Å². The van der Waals surface area contributed by atoms with Crippen molar-refractivity contribution in [3.63, 3.8) is 0 Å². The molecule has 0 radical (unpaired) electrons. The van der Waals surface area contributed by atoms with Crippen LogP contribution in [0.15, 0.2) is 19.3 Å². The van der Waals surface area contributed by atoms with Crippen molar-refractivity contribution in [3.05, 3.63) is 19.3 Å². The van der Waals surface area contributed by atoms with E-state index in [4.69, 9.17) is 5.11 Å². The maximum absolute atomic E-state index is 10.3. The van der Waals surface area contributed by atoms with E-state index >= 15 is 0 Å². The van der Waals surface area contributed by atoms with E-state index in [0.717, 1.165) is 0 Å².